The summed E-state index contributed by atoms with van der Waals surface area (Å²) in [6.07, 6.45) is 2.87. The van der Waals surface area contributed by atoms with Gasteiger partial charge in [-0.05, 0) is 37.3 Å². The first-order valence-electron chi connectivity index (χ1n) is 10.9. The van der Waals surface area contributed by atoms with E-state index in [1.54, 1.807) is 0 Å². The number of nitrogens with one attached hydrogen (secondary N) is 2. The van der Waals surface area contributed by atoms with Crippen molar-refractivity contribution in [3.05, 3.63) is 48.4 Å². The maximum Gasteiger partial charge on any atom is 0.288 e. The molecule has 178 valence electrons. The van der Waals surface area contributed by atoms with Gasteiger partial charge in [0.25, 0.3) is 6.08 Å². The smallest absolute Gasteiger partial charge is 0.288 e. The molecule has 34 heavy (non-hydrogen) atoms. The lowest BCUT2D eigenvalue weighted by molar-refractivity contribution is 0.132. The predicted molar refractivity (Wildman–Crippen MR) is 125 cm³/mol. The van der Waals surface area contributed by atoms with E-state index >= 15 is 0 Å². The number of benzene rings is 1. The lowest BCUT2D eigenvalue weighted by Crippen LogP contribution is -2.41. The molecule has 1 aliphatic rings. The Morgan fingerprint density at radius 1 is 1.21 bits per heavy atom. The lowest BCUT2D eigenvalue weighted by Gasteiger charge is -2.30. The Labute approximate surface area is 195 Å². The van der Waals surface area contributed by atoms with Crippen LogP contribution in [0.1, 0.15) is 31.5 Å². The molecule has 5 rings (SSSR count). The highest BCUT2D eigenvalue weighted by molar-refractivity contribution is 7.88. The molecule has 0 radical (unpaired) electrons. The molecule has 0 bridgehead atoms. The summed E-state index contributed by atoms with van der Waals surface area (Å²) in [5.74, 6) is 0.890. The van der Waals surface area contributed by atoms with E-state index in [0.29, 0.717) is 54.5 Å². The summed E-state index contributed by atoms with van der Waals surface area (Å²) in [5.41, 5.74) is 1.32. The van der Waals surface area contributed by atoms with Crippen LogP contribution in [0.15, 0.2) is 36.7 Å². The standard InChI is InChI=1S/C22H24FN7O3S/c1-13(26-19-18-20(25-12-24-19)29-22(23)28-18)17-11-14-5-3-4-6-16(14)21(27-17)33-15-7-9-30(10-8-15)34(2,31)32/h3-6,11-13,15H,7-10H2,1-2H3,(H2,24,25,26,28,29)/t13-/m0/s1. The quantitative estimate of drug-likeness (QED) is 0.399. The van der Waals surface area contributed by atoms with Crippen LogP contribution >= 0.6 is 0 Å². The van der Waals surface area contributed by atoms with Gasteiger partial charge >= 0.3 is 0 Å². The van der Waals surface area contributed by atoms with Crippen molar-refractivity contribution in [2.75, 3.05) is 24.7 Å². The second-order valence-corrected chi connectivity index (χ2v) is 10.3. The number of sulfonamides is 1. The normalized spacial score (nSPS) is 16.7. The number of hydrogen-bond acceptors (Lipinski definition) is 8. The number of hydrogen-bond donors (Lipinski definition) is 2. The average Bonchev–Trinajstić information content (AvgIpc) is 3.20. The molecule has 10 nitrogen and oxygen atoms in total. The van der Waals surface area contributed by atoms with E-state index in [2.05, 4.69) is 25.3 Å². The van der Waals surface area contributed by atoms with Gasteiger partial charge in [-0.25, -0.2) is 27.7 Å². The van der Waals surface area contributed by atoms with Crippen LogP contribution in [0, 0.1) is 6.08 Å². The maximum absolute atomic E-state index is 13.6. The third-order valence-corrected chi connectivity index (χ3v) is 7.23. The fourth-order valence-corrected chi connectivity index (χ4v) is 5.00. The molecule has 12 heteroatoms. The van der Waals surface area contributed by atoms with Gasteiger partial charge in [0.05, 0.1) is 18.0 Å². The number of piperidine rings is 1. The van der Waals surface area contributed by atoms with Crippen molar-refractivity contribution in [3.63, 3.8) is 0 Å². The van der Waals surface area contributed by atoms with E-state index in [4.69, 9.17) is 9.72 Å². The zero-order valence-electron chi connectivity index (χ0n) is 18.7. The van der Waals surface area contributed by atoms with Gasteiger partial charge in [-0.15, -0.1) is 0 Å². The number of aromatic amines is 1. The Hall–Kier alpha value is -3.38. The number of nitrogens with zero attached hydrogens (tertiary/aromatic N) is 5. The first-order valence-corrected chi connectivity index (χ1v) is 12.8. The van der Waals surface area contributed by atoms with Gasteiger partial charge in [0.15, 0.2) is 17.0 Å². The minimum atomic E-state index is -3.21. The van der Waals surface area contributed by atoms with E-state index < -0.39 is 16.1 Å². The van der Waals surface area contributed by atoms with Crippen LogP contribution < -0.4 is 10.1 Å². The molecule has 0 amide bonds. The van der Waals surface area contributed by atoms with Crippen LogP contribution in [-0.4, -0.2) is 63.1 Å². The van der Waals surface area contributed by atoms with Crippen molar-refractivity contribution >= 4 is 37.8 Å². The molecule has 2 N–H and O–H groups in total. The van der Waals surface area contributed by atoms with Crippen molar-refractivity contribution < 1.29 is 17.5 Å². The molecule has 0 saturated carbocycles. The molecule has 4 heterocycles. The molecule has 0 spiro atoms. The Kier molecular flexibility index (Phi) is 5.78. The van der Waals surface area contributed by atoms with Crippen LogP contribution in [0.3, 0.4) is 0 Å². The fourth-order valence-electron chi connectivity index (χ4n) is 4.12. The maximum atomic E-state index is 13.6. The third-order valence-electron chi connectivity index (χ3n) is 5.92. The summed E-state index contributed by atoms with van der Waals surface area (Å²) in [7, 11) is -3.21. The summed E-state index contributed by atoms with van der Waals surface area (Å²) < 4.78 is 45.0. The molecule has 4 aromatic rings. The molecule has 0 unspecified atom stereocenters. The second kappa shape index (κ2) is 8.76. The number of H-pyrrole nitrogens is 1. The Bertz CT molecular complexity index is 1450. The summed E-state index contributed by atoms with van der Waals surface area (Å²) in [5, 5.41) is 5.08. The zero-order chi connectivity index (χ0) is 23.9. The van der Waals surface area contributed by atoms with Gasteiger partial charge in [-0.1, -0.05) is 18.2 Å². The van der Waals surface area contributed by atoms with E-state index in [-0.39, 0.29) is 12.1 Å². The molecular formula is C22H24FN7O3S. The SMILES string of the molecule is C[C@H](Nc1ncnc2[nH]c(F)nc12)c1cc2ccccc2c(OC2CCN(S(C)(=O)=O)CC2)n1. The minimum Gasteiger partial charge on any atom is -0.474 e. The minimum absolute atomic E-state index is 0.138. The molecule has 1 aromatic carbocycles. The van der Waals surface area contributed by atoms with Crippen molar-refractivity contribution in [2.24, 2.45) is 0 Å². The summed E-state index contributed by atoms with van der Waals surface area (Å²) >= 11 is 0. The highest BCUT2D eigenvalue weighted by Crippen LogP contribution is 2.31. The molecule has 1 atom stereocenters. The number of rotatable bonds is 6. The van der Waals surface area contributed by atoms with Gasteiger partial charge < -0.3 is 10.1 Å². The number of fused-ring (bicyclic) bond motifs is 2. The van der Waals surface area contributed by atoms with E-state index in [1.165, 1.54) is 16.9 Å². The van der Waals surface area contributed by atoms with Crippen molar-refractivity contribution in [2.45, 2.75) is 31.9 Å². The average molecular weight is 486 g/mol. The molecular weight excluding hydrogens is 461 g/mol. The Balaban J connectivity index is 1.41. The van der Waals surface area contributed by atoms with Gasteiger partial charge in [-0.2, -0.15) is 9.37 Å². The van der Waals surface area contributed by atoms with Gasteiger partial charge in [0, 0.05) is 18.5 Å². The third kappa shape index (κ3) is 4.50. The van der Waals surface area contributed by atoms with Crippen molar-refractivity contribution in [3.8, 4) is 5.88 Å². The number of imidazole rings is 1. The number of aromatic nitrogens is 5. The highest BCUT2D eigenvalue weighted by atomic mass is 32.2. The Morgan fingerprint density at radius 2 is 1.97 bits per heavy atom. The van der Waals surface area contributed by atoms with Crippen molar-refractivity contribution in [1.82, 2.24) is 29.2 Å². The fraction of sp³-hybridized carbons (Fsp3) is 0.364. The van der Waals surface area contributed by atoms with Crippen molar-refractivity contribution in [1.29, 1.82) is 0 Å². The van der Waals surface area contributed by atoms with Gasteiger partial charge in [-0.3, -0.25) is 4.98 Å². The van der Waals surface area contributed by atoms with E-state index in [1.807, 2.05) is 37.3 Å². The molecule has 1 aliphatic heterocycles. The first kappa shape index (κ1) is 22.4. The van der Waals surface area contributed by atoms with Gasteiger partial charge in [0.2, 0.25) is 15.9 Å². The lowest BCUT2D eigenvalue weighted by atomic mass is 10.1. The van der Waals surface area contributed by atoms with Crippen LogP contribution in [0.2, 0.25) is 0 Å². The van der Waals surface area contributed by atoms with Gasteiger partial charge in [0.1, 0.15) is 12.4 Å². The molecule has 0 aliphatic carbocycles. The monoisotopic (exact) mass is 485 g/mol. The summed E-state index contributed by atoms with van der Waals surface area (Å²) in [6, 6.07) is 9.48. The summed E-state index contributed by atoms with van der Waals surface area (Å²) in [6.45, 7) is 2.76. The Morgan fingerprint density at radius 3 is 2.74 bits per heavy atom. The number of pyridine rings is 1. The number of ether oxygens (including phenoxy) is 1. The summed E-state index contributed by atoms with van der Waals surface area (Å²) in [4.78, 5) is 19.3. The van der Waals surface area contributed by atoms with Crippen LogP contribution in [0.25, 0.3) is 21.9 Å². The van der Waals surface area contributed by atoms with E-state index in [0.717, 1.165) is 10.8 Å². The van der Waals surface area contributed by atoms with Crippen LogP contribution in [0.5, 0.6) is 5.88 Å². The topological polar surface area (TPSA) is 126 Å². The zero-order valence-corrected chi connectivity index (χ0v) is 19.5. The second-order valence-electron chi connectivity index (χ2n) is 8.37. The molecule has 1 saturated heterocycles. The number of halogens is 1. The molecule has 3 aromatic heterocycles. The van der Waals surface area contributed by atoms with Crippen LogP contribution in [0.4, 0.5) is 10.2 Å². The number of anilines is 1. The first-order chi connectivity index (χ1) is 16.3. The molecule has 1 fully saturated rings. The predicted octanol–water partition coefficient (Wildman–Crippen LogP) is 3.02. The van der Waals surface area contributed by atoms with Crippen LogP contribution in [-0.2, 0) is 10.0 Å². The highest BCUT2D eigenvalue weighted by Gasteiger charge is 2.27. The van der Waals surface area contributed by atoms with E-state index in [9.17, 15) is 12.8 Å². The largest absolute Gasteiger partial charge is 0.474 e.